The molecule has 1 aromatic heterocycles. The van der Waals surface area contributed by atoms with Crippen molar-refractivity contribution >= 4 is 40.2 Å². The molecule has 0 aliphatic carbocycles. The van der Waals surface area contributed by atoms with Crippen LogP contribution in [0.1, 0.15) is 5.56 Å². The normalized spacial score (nSPS) is 13.6. The fourth-order valence-corrected chi connectivity index (χ4v) is 4.52. The quantitative estimate of drug-likeness (QED) is 0.244. The number of rotatable bonds is 4. The molecular formula is C30H20FN3O2. The van der Waals surface area contributed by atoms with E-state index in [4.69, 9.17) is 0 Å². The zero-order chi connectivity index (χ0) is 24.6. The van der Waals surface area contributed by atoms with Crippen LogP contribution in [0.15, 0.2) is 115 Å². The average Bonchev–Trinajstić information content (AvgIpc) is 3.43. The second-order valence-corrected chi connectivity index (χ2v) is 8.45. The molecule has 1 saturated heterocycles. The van der Waals surface area contributed by atoms with Crippen molar-refractivity contribution in [3.8, 4) is 11.1 Å². The Morgan fingerprint density at radius 1 is 0.694 bits per heavy atom. The van der Waals surface area contributed by atoms with Crippen LogP contribution in [-0.4, -0.2) is 16.8 Å². The molecule has 0 atom stereocenters. The van der Waals surface area contributed by atoms with E-state index in [1.807, 2.05) is 54.6 Å². The van der Waals surface area contributed by atoms with Gasteiger partial charge in [-0.3, -0.25) is 9.59 Å². The SMILES string of the molecule is O=C1C(=Cc2c[nH]c3cc(-c4ccccc4F)ccc23)C(=O)N(c2ccccc2)N1c1ccccc1. The van der Waals surface area contributed by atoms with E-state index >= 15 is 0 Å². The number of amides is 2. The molecule has 1 aliphatic heterocycles. The van der Waals surface area contributed by atoms with E-state index in [9.17, 15) is 14.0 Å². The van der Waals surface area contributed by atoms with Crippen molar-refractivity contribution in [2.45, 2.75) is 0 Å². The molecule has 6 rings (SSSR count). The van der Waals surface area contributed by atoms with Crippen LogP contribution in [0, 0.1) is 5.82 Å². The Balaban J connectivity index is 1.43. The Kier molecular flexibility index (Phi) is 5.19. The number of hydrogen-bond acceptors (Lipinski definition) is 2. The fraction of sp³-hybridized carbons (Fsp3) is 0. The second kappa shape index (κ2) is 8.67. The lowest BCUT2D eigenvalue weighted by Gasteiger charge is -2.27. The number of aromatic nitrogens is 1. The zero-order valence-corrected chi connectivity index (χ0v) is 19.1. The number of anilines is 2. The van der Waals surface area contributed by atoms with Crippen LogP contribution in [0.25, 0.3) is 28.1 Å². The van der Waals surface area contributed by atoms with E-state index < -0.39 is 11.8 Å². The van der Waals surface area contributed by atoms with Gasteiger partial charge in [0.15, 0.2) is 0 Å². The number of benzene rings is 4. The highest BCUT2D eigenvalue weighted by Gasteiger charge is 2.42. The maximum absolute atomic E-state index is 14.3. The first-order valence-electron chi connectivity index (χ1n) is 11.5. The van der Waals surface area contributed by atoms with Gasteiger partial charge < -0.3 is 4.98 Å². The van der Waals surface area contributed by atoms with Crippen molar-refractivity contribution < 1.29 is 14.0 Å². The molecule has 1 fully saturated rings. The molecule has 0 spiro atoms. The lowest BCUT2D eigenvalue weighted by atomic mass is 10.0. The van der Waals surface area contributed by atoms with Crippen LogP contribution in [0.5, 0.6) is 0 Å². The summed E-state index contributed by atoms with van der Waals surface area (Å²) < 4.78 is 14.3. The third-order valence-corrected chi connectivity index (χ3v) is 6.25. The summed E-state index contributed by atoms with van der Waals surface area (Å²) in [5, 5.41) is 3.62. The van der Waals surface area contributed by atoms with Gasteiger partial charge in [0.1, 0.15) is 11.4 Å². The minimum absolute atomic E-state index is 0.0572. The van der Waals surface area contributed by atoms with E-state index in [2.05, 4.69) is 4.98 Å². The monoisotopic (exact) mass is 473 g/mol. The lowest BCUT2D eigenvalue weighted by molar-refractivity contribution is -0.116. The molecule has 2 amide bonds. The molecule has 0 bridgehead atoms. The molecule has 1 aliphatic rings. The molecule has 2 heterocycles. The van der Waals surface area contributed by atoms with E-state index in [0.717, 1.165) is 16.5 Å². The molecular weight excluding hydrogens is 453 g/mol. The van der Waals surface area contributed by atoms with Gasteiger partial charge in [0, 0.05) is 28.2 Å². The van der Waals surface area contributed by atoms with Gasteiger partial charge in [0.05, 0.1) is 11.4 Å². The summed E-state index contributed by atoms with van der Waals surface area (Å²) in [7, 11) is 0. The lowest BCUT2D eigenvalue weighted by Crippen LogP contribution is -2.41. The minimum Gasteiger partial charge on any atom is -0.361 e. The molecule has 1 N–H and O–H groups in total. The van der Waals surface area contributed by atoms with Crippen LogP contribution in [0.3, 0.4) is 0 Å². The van der Waals surface area contributed by atoms with Crippen molar-refractivity contribution in [3.63, 3.8) is 0 Å². The van der Waals surface area contributed by atoms with Crippen molar-refractivity contribution in [1.82, 2.24) is 4.98 Å². The van der Waals surface area contributed by atoms with Gasteiger partial charge in [0.2, 0.25) is 0 Å². The molecule has 6 heteroatoms. The van der Waals surface area contributed by atoms with Crippen molar-refractivity contribution in [2.24, 2.45) is 0 Å². The van der Waals surface area contributed by atoms with Crippen molar-refractivity contribution in [3.05, 3.63) is 126 Å². The maximum Gasteiger partial charge on any atom is 0.283 e. The second-order valence-electron chi connectivity index (χ2n) is 8.45. The first kappa shape index (κ1) is 21.6. The summed E-state index contributed by atoms with van der Waals surface area (Å²) in [5.41, 5.74) is 3.96. The Morgan fingerprint density at radius 2 is 1.28 bits per heavy atom. The van der Waals surface area contributed by atoms with Gasteiger partial charge in [-0.25, -0.2) is 14.4 Å². The number of halogens is 1. The Bertz CT molecular complexity index is 1580. The summed E-state index contributed by atoms with van der Waals surface area (Å²) in [6, 6.07) is 30.4. The molecule has 4 aromatic carbocycles. The van der Waals surface area contributed by atoms with Gasteiger partial charge in [-0.15, -0.1) is 0 Å². The number of hydrazine groups is 1. The number of H-pyrrole nitrogens is 1. The van der Waals surface area contributed by atoms with E-state index in [1.165, 1.54) is 16.1 Å². The van der Waals surface area contributed by atoms with Crippen LogP contribution in [-0.2, 0) is 9.59 Å². The van der Waals surface area contributed by atoms with E-state index in [0.29, 0.717) is 22.5 Å². The highest BCUT2D eigenvalue weighted by atomic mass is 19.1. The summed E-state index contributed by atoms with van der Waals surface area (Å²) in [6.07, 6.45) is 3.37. The largest absolute Gasteiger partial charge is 0.361 e. The summed E-state index contributed by atoms with van der Waals surface area (Å²) in [6.45, 7) is 0. The average molecular weight is 474 g/mol. The number of para-hydroxylation sites is 2. The number of nitrogens with one attached hydrogen (secondary N) is 1. The van der Waals surface area contributed by atoms with E-state index in [-0.39, 0.29) is 11.4 Å². The van der Waals surface area contributed by atoms with Gasteiger partial charge in [-0.1, -0.05) is 66.7 Å². The predicted molar refractivity (Wildman–Crippen MR) is 140 cm³/mol. The Morgan fingerprint density at radius 3 is 1.89 bits per heavy atom. The standard InChI is InChI=1S/C30H20FN3O2/c31-27-14-8-7-13-24(27)20-15-16-25-21(19-32-28(25)18-20)17-26-29(35)33(22-9-3-1-4-10-22)34(30(26)36)23-11-5-2-6-12-23/h1-19,32H. The number of nitrogens with zero attached hydrogens (tertiary/aromatic N) is 2. The highest BCUT2D eigenvalue weighted by Crippen LogP contribution is 2.34. The van der Waals surface area contributed by atoms with Gasteiger partial charge in [-0.05, 0) is 48.0 Å². The Labute approximate surface area is 206 Å². The fourth-order valence-electron chi connectivity index (χ4n) is 4.52. The van der Waals surface area contributed by atoms with Crippen molar-refractivity contribution in [1.29, 1.82) is 0 Å². The summed E-state index contributed by atoms with van der Waals surface area (Å²) in [4.78, 5) is 30.4. The molecule has 5 aromatic rings. The minimum atomic E-state index is -0.410. The number of aromatic amines is 1. The summed E-state index contributed by atoms with van der Waals surface area (Å²) in [5.74, 6) is -1.12. The Hall–Kier alpha value is -4.97. The number of fused-ring (bicyclic) bond motifs is 1. The third kappa shape index (κ3) is 3.56. The topological polar surface area (TPSA) is 56.4 Å². The highest BCUT2D eigenvalue weighted by molar-refractivity contribution is 6.38. The van der Waals surface area contributed by atoms with E-state index in [1.54, 1.807) is 54.7 Å². The summed E-state index contributed by atoms with van der Waals surface area (Å²) >= 11 is 0. The smallest absolute Gasteiger partial charge is 0.283 e. The predicted octanol–water partition coefficient (Wildman–Crippen LogP) is 6.35. The van der Waals surface area contributed by atoms with Crippen molar-refractivity contribution in [2.75, 3.05) is 10.0 Å². The van der Waals surface area contributed by atoms with Crippen LogP contribution in [0.2, 0.25) is 0 Å². The molecule has 36 heavy (non-hydrogen) atoms. The number of carbonyl (C=O) groups excluding carboxylic acids is 2. The molecule has 5 nitrogen and oxygen atoms in total. The van der Waals surface area contributed by atoms with Gasteiger partial charge in [-0.2, -0.15) is 0 Å². The number of carbonyl (C=O) groups is 2. The van der Waals surface area contributed by atoms with Gasteiger partial charge in [0.25, 0.3) is 11.8 Å². The molecule has 0 unspecified atom stereocenters. The molecule has 0 saturated carbocycles. The third-order valence-electron chi connectivity index (χ3n) is 6.25. The first-order valence-corrected chi connectivity index (χ1v) is 11.5. The zero-order valence-electron chi connectivity index (χ0n) is 19.1. The van der Waals surface area contributed by atoms with Crippen LogP contribution >= 0.6 is 0 Å². The molecule has 0 radical (unpaired) electrons. The van der Waals surface area contributed by atoms with Crippen LogP contribution in [0.4, 0.5) is 15.8 Å². The van der Waals surface area contributed by atoms with Crippen LogP contribution < -0.4 is 10.0 Å². The molecule has 174 valence electrons. The number of hydrogen-bond donors (Lipinski definition) is 1. The van der Waals surface area contributed by atoms with Gasteiger partial charge >= 0.3 is 0 Å². The first-order chi connectivity index (χ1) is 17.6. The maximum atomic E-state index is 14.3.